The second kappa shape index (κ2) is 5.57. The van der Waals surface area contributed by atoms with Crippen LogP contribution in [-0.2, 0) is 0 Å². The van der Waals surface area contributed by atoms with Gasteiger partial charge in [-0.15, -0.1) is 11.3 Å². The Labute approximate surface area is 138 Å². The third-order valence-corrected chi connectivity index (χ3v) is 5.05. The third-order valence-electron chi connectivity index (χ3n) is 4.02. The van der Waals surface area contributed by atoms with Gasteiger partial charge in [0.25, 0.3) is 0 Å². The average molecular weight is 334 g/mol. The van der Waals surface area contributed by atoms with Crippen LogP contribution >= 0.6 is 22.9 Å². The van der Waals surface area contributed by atoms with E-state index in [1.54, 1.807) is 11.3 Å². The van der Waals surface area contributed by atoms with Gasteiger partial charge in [0.05, 0.1) is 5.56 Å². The lowest BCUT2D eigenvalue weighted by atomic mass is 10.1. The zero-order chi connectivity index (χ0) is 15.1. The zero-order valence-corrected chi connectivity index (χ0v) is 13.8. The first-order chi connectivity index (χ1) is 10.7. The zero-order valence-electron chi connectivity index (χ0n) is 12.3. The summed E-state index contributed by atoms with van der Waals surface area (Å²) in [6, 6.07) is 7.70. The number of piperazine rings is 1. The highest BCUT2D eigenvalue weighted by Gasteiger charge is 2.25. The molecule has 1 aromatic heterocycles. The monoisotopic (exact) mass is 333 g/mol. The van der Waals surface area contributed by atoms with Gasteiger partial charge in [0.2, 0.25) is 0 Å². The van der Waals surface area contributed by atoms with E-state index in [9.17, 15) is 0 Å². The predicted molar refractivity (Wildman–Crippen MR) is 91.1 cm³/mol. The first kappa shape index (κ1) is 14.1. The Hall–Kier alpha value is -1.56. The maximum atomic E-state index is 6.21. The van der Waals surface area contributed by atoms with Crippen LogP contribution in [0.25, 0.3) is 0 Å². The minimum absolute atomic E-state index is 0.703. The molecule has 0 atom stereocenters. The molecule has 1 aromatic carbocycles. The molecular formula is C16H16ClN3OS. The smallest absolute Gasteiger partial charge is 0.164 e. The topological polar surface area (TPSA) is 28.1 Å². The molecule has 2 aliphatic rings. The molecule has 0 bridgehead atoms. The molecule has 3 heterocycles. The average Bonchev–Trinajstić information content (AvgIpc) is 2.89. The van der Waals surface area contributed by atoms with Crippen molar-refractivity contribution < 1.29 is 4.74 Å². The van der Waals surface area contributed by atoms with Gasteiger partial charge < -0.3 is 14.5 Å². The Morgan fingerprint density at radius 1 is 1.14 bits per heavy atom. The number of ether oxygens (including phenoxy) is 1. The van der Waals surface area contributed by atoms with Crippen molar-refractivity contribution in [2.24, 2.45) is 4.99 Å². The molecule has 0 amide bonds. The van der Waals surface area contributed by atoms with Crippen molar-refractivity contribution in [2.75, 3.05) is 33.2 Å². The normalized spacial score (nSPS) is 18.1. The first-order valence-electron chi connectivity index (χ1n) is 7.28. The van der Waals surface area contributed by atoms with E-state index in [4.69, 9.17) is 21.3 Å². The molecule has 0 N–H and O–H groups in total. The number of halogens is 1. The first-order valence-corrected chi connectivity index (χ1v) is 8.54. The van der Waals surface area contributed by atoms with Gasteiger partial charge in [0.1, 0.15) is 11.6 Å². The van der Waals surface area contributed by atoms with E-state index in [1.165, 1.54) is 0 Å². The van der Waals surface area contributed by atoms with Crippen LogP contribution in [-0.4, -0.2) is 48.9 Å². The van der Waals surface area contributed by atoms with Crippen molar-refractivity contribution in [3.63, 3.8) is 0 Å². The Bertz CT molecular complexity index is 735. The molecule has 0 saturated carbocycles. The van der Waals surface area contributed by atoms with Crippen LogP contribution in [0.5, 0.6) is 11.5 Å². The lowest BCUT2D eigenvalue weighted by molar-refractivity contribution is 0.216. The van der Waals surface area contributed by atoms with Gasteiger partial charge in [-0.3, -0.25) is 0 Å². The predicted octanol–water partition coefficient (Wildman–Crippen LogP) is 3.83. The number of nitrogens with zero attached hydrogens (tertiary/aromatic N) is 3. The summed E-state index contributed by atoms with van der Waals surface area (Å²) >= 11 is 7.81. The Balaban J connectivity index is 1.82. The quantitative estimate of drug-likeness (QED) is 0.733. The molecule has 0 spiro atoms. The molecule has 2 aromatic rings. The largest absolute Gasteiger partial charge is 0.453 e. The van der Waals surface area contributed by atoms with E-state index in [1.807, 2.05) is 29.6 Å². The molecule has 6 heteroatoms. The van der Waals surface area contributed by atoms with Gasteiger partial charge in [-0.05, 0) is 36.7 Å². The molecule has 0 aliphatic carbocycles. The number of benzene rings is 1. The summed E-state index contributed by atoms with van der Waals surface area (Å²) in [4.78, 5) is 9.55. The van der Waals surface area contributed by atoms with Crippen LogP contribution in [0.2, 0.25) is 5.02 Å². The molecule has 22 heavy (non-hydrogen) atoms. The molecule has 2 aliphatic heterocycles. The summed E-state index contributed by atoms with van der Waals surface area (Å²) in [7, 11) is 2.15. The second-order valence-corrected chi connectivity index (χ2v) is 6.89. The van der Waals surface area contributed by atoms with Crippen LogP contribution in [0.15, 0.2) is 34.6 Å². The number of likely N-dealkylation sites (N-methyl/N-ethyl adjacent to an activating group) is 1. The molecule has 0 radical (unpaired) electrons. The Kier molecular flexibility index (Phi) is 3.56. The van der Waals surface area contributed by atoms with Gasteiger partial charge in [-0.2, -0.15) is 0 Å². The summed E-state index contributed by atoms with van der Waals surface area (Å²) in [5, 5.41) is 3.63. The minimum atomic E-state index is 0.703. The maximum absolute atomic E-state index is 6.21. The van der Waals surface area contributed by atoms with Crippen LogP contribution in [0.1, 0.15) is 5.56 Å². The van der Waals surface area contributed by atoms with E-state index < -0.39 is 0 Å². The van der Waals surface area contributed by atoms with E-state index >= 15 is 0 Å². The fraction of sp³-hybridized carbons (Fsp3) is 0.312. The summed E-state index contributed by atoms with van der Waals surface area (Å²) in [5.41, 5.74) is 0.973. The highest BCUT2D eigenvalue weighted by molar-refractivity contribution is 7.14. The maximum Gasteiger partial charge on any atom is 0.164 e. The third kappa shape index (κ3) is 2.49. The van der Waals surface area contributed by atoms with Gasteiger partial charge in [0.15, 0.2) is 10.8 Å². The minimum Gasteiger partial charge on any atom is -0.453 e. The fourth-order valence-corrected chi connectivity index (χ4v) is 3.61. The molecule has 1 fully saturated rings. The number of thiophene rings is 1. The number of aliphatic imine (C=N–C) groups is 1. The van der Waals surface area contributed by atoms with Crippen molar-refractivity contribution in [1.29, 1.82) is 0 Å². The summed E-state index contributed by atoms with van der Waals surface area (Å²) in [5.74, 6) is 2.60. The van der Waals surface area contributed by atoms with Crippen LogP contribution < -0.4 is 4.74 Å². The Morgan fingerprint density at radius 2 is 1.95 bits per heavy atom. The second-order valence-electron chi connectivity index (χ2n) is 5.56. The lowest BCUT2D eigenvalue weighted by Gasteiger charge is -2.34. The summed E-state index contributed by atoms with van der Waals surface area (Å²) in [6.07, 6.45) is 0. The highest BCUT2D eigenvalue weighted by atomic mass is 35.5. The molecular weight excluding hydrogens is 318 g/mol. The summed E-state index contributed by atoms with van der Waals surface area (Å²) in [6.45, 7) is 3.99. The van der Waals surface area contributed by atoms with Gasteiger partial charge in [-0.1, -0.05) is 11.6 Å². The Morgan fingerprint density at radius 3 is 2.77 bits per heavy atom. The van der Waals surface area contributed by atoms with Gasteiger partial charge in [-0.25, -0.2) is 4.99 Å². The van der Waals surface area contributed by atoms with Crippen molar-refractivity contribution in [2.45, 2.75) is 0 Å². The van der Waals surface area contributed by atoms with Crippen molar-refractivity contribution in [3.8, 4) is 11.5 Å². The summed E-state index contributed by atoms with van der Waals surface area (Å²) < 4.78 is 6.04. The van der Waals surface area contributed by atoms with E-state index in [0.29, 0.717) is 5.02 Å². The number of rotatable bonds is 0. The molecule has 1 saturated heterocycles. The number of amidine groups is 1. The fourth-order valence-electron chi connectivity index (χ4n) is 2.75. The number of hydrogen-bond donors (Lipinski definition) is 0. The van der Waals surface area contributed by atoms with Crippen LogP contribution in [0.3, 0.4) is 0 Å². The van der Waals surface area contributed by atoms with Crippen molar-refractivity contribution in [3.05, 3.63) is 40.2 Å². The van der Waals surface area contributed by atoms with Crippen LogP contribution in [0.4, 0.5) is 5.00 Å². The van der Waals surface area contributed by atoms with E-state index in [-0.39, 0.29) is 0 Å². The molecule has 114 valence electrons. The van der Waals surface area contributed by atoms with Gasteiger partial charge in [0, 0.05) is 31.2 Å². The van der Waals surface area contributed by atoms with Crippen molar-refractivity contribution in [1.82, 2.24) is 9.80 Å². The van der Waals surface area contributed by atoms with Crippen LogP contribution in [0, 0.1) is 0 Å². The molecule has 4 nitrogen and oxygen atoms in total. The molecule has 0 unspecified atom stereocenters. The van der Waals surface area contributed by atoms with Crippen molar-refractivity contribution >= 4 is 33.8 Å². The lowest BCUT2D eigenvalue weighted by Crippen LogP contribution is -2.47. The van der Waals surface area contributed by atoms with E-state index in [2.05, 4.69) is 16.8 Å². The number of hydrogen-bond acceptors (Lipinski definition) is 5. The highest BCUT2D eigenvalue weighted by Crippen LogP contribution is 2.42. The standard InChI is InChI=1S/C16H16ClN3OS/c1-19-5-7-20(8-6-19)15-12-10-11(17)2-3-13(12)21-14-4-9-22-16(14)18-15/h2-4,9-10H,5-8H2,1H3. The van der Waals surface area contributed by atoms with E-state index in [0.717, 1.165) is 54.1 Å². The SMILES string of the molecule is CN1CCN(C2=Nc3sccc3Oc3ccc(Cl)cc32)CC1. The molecule has 4 rings (SSSR count). The number of fused-ring (bicyclic) bond motifs is 2. The van der Waals surface area contributed by atoms with Gasteiger partial charge >= 0.3 is 0 Å².